The molecule has 2 unspecified atom stereocenters. The fourth-order valence-corrected chi connectivity index (χ4v) is 5.75. The van der Waals surface area contributed by atoms with Gasteiger partial charge >= 0.3 is 6.18 Å². The highest BCUT2D eigenvalue weighted by molar-refractivity contribution is 7.80. The summed E-state index contributed by atoms with van der Waals surface area (Å²) in [7, 11) is 0. The summed E-state index contributed by atoms with van der Waals surface area (Å²) in [4.78, 5) is 11.3. The van der Waals surface area contributed by atoms with E-state index in [0.717, 1.165) is 48.5 Å². The number of furan rings is 1. The largest absolute Gasteiger partial charge is 0.457 e. The number of hydrogen-bond acceptors (Lipinski definition) is 7. The Bertz CT molecular complexity index is 1760. The zero-order valence-corrected chi connectivity index (χ0v) is 26.1. The van der Waals surface area contributed by atoms with Crippen LogP contribution in [0.5, 0.6) is 0 Å². The Kier molecular flexibility index (Phi) is 9.61. The number of alkyl halides is 3. The van der Waals surface area contributed by atoms with Crippen molar-refractivity contribution in [2.24, 2.45) is 17.6 Å². The second-order valence-corrected chi connectivity index (χ2v) is 11.6. The summed E-state index contributed by atoms with van der Waals surface area (Å²) in [6.07, 6.45) is -0.367. The smallest absolute Gasteiger partial charge is 0.417 e. The molecule has 2 aromatic carbocycles. The van der Waals surface area contributed by atoms with Crippen LogP contribution in [0.1, 0.15) is 29.5 Å². The van der Waals surface area contributed by atoms with Crippen LogP contribution in [0.4, 0.5) is 30.6 Å². The molecule has 236 valence electrons. The number of aryl methyl sites for hydroxylation is 1. The number of halogens is 4. The predicted molar refractivity (Wildman–Crippen MR) is 177 cm³/mol. The van der Waals surface area contributed by atoms with Gasteiger partial charge in [0.15, 0.2) is 5.11 Å². The molecule has 2 atom stereocenters. The number of anilines is 3. The van der Waals surface area contributed by atoms with Crippen LogP contribution in [-0.2, 0) is 6.18 Å². The first-order valence-corrected chi connectivity index (χ1v) is 15.0. The molecule has 0 saturated carbocycles. The highest BCUT2D eigenvalue weighted by atomic mass is 35.5. The number of thiocarbonyl (C=S) groups is 1. The molecular formula is C31H32ClF3N8OS. The Labute approximate surface area is 268 Å². The number of rotatable bonds is 9. The van der Waals surface area contributed by atoms with Gasteiger partial charge in [0.05, 0.1) is 10.6 Å². The monoisotopic (exact) mass is 656 g/mol. The molecule has 1 aliphatic rings. The van der Waals surface area contributed by atoms with Crippen LogP contribution >= 0.6 is 23.8 Å². The number of nitrogens with two attached hydrogens (primary N) is 1. The SMILES string of the molecule is CCN1CC(/C=C/c2cc3cc(C(=N)N)ccc3o2)C(CNc2cc(C)nc(NC(=S)Nc3ccc(C(F)(F)F)c(Cl)c3)n2)C1. The van der Waals surface area contributed by atoms with Gasteiger partial charge in [0.25, 0.3) is 0 Å². The summed E-state index contributed by atoms with van der Waals surface area (Å²) in [5.74, 6) is 2.17. The maximum atomic E-state index is 13.0. The Morgan fingerprint density at radius 1 is 1.16 bits per heavy atom. The molecule has 5 rings (SSSR count). The van der Waals surface area contributed by atoms with Gasteiger partial charge in [-0.3, -0.25) is 5.41 Å². The first-order chi connectivity index (χ1) is 21.4. The van der Waals surface area contributed by atoms with Crippen molar-refractivity contribution in [3.63, 3.8) is 0 Å². The maximum Gasteiger partial charge on any atom is 0.417 e. The van der Waals surface area contributed by atoms with Crippen molar-refractivity contribution < 1.29 is 17.6 Å². The van der Waals surface area contributed by atoms with E-state index in [0.29, 0.717) is 35.2 Å². The average molecular weight is 657 g/mol. The van der Waals surface area contributed by atoms with E-state index in [1.165, 1.54) is 6.07 Å². The van der Waals surface area contributed by atoms with Crippen molar-refractivity contribution in [3.05, 3.63) is 82.2 Å². The van der Waals surface area contributed by atoms with Gasteiger partial charge in [-0.15, -0.1) is 0 Å². The van der Waals surface area contributed by atoms with Crippen LogP contribution in [0.3, 0.4) is 0 Å². The second-order valence-electron chi connectivity index (χ2n) is 10.8. The lowest BCUT2D eigenvalue weighted by Crippen LogP contribution is -2.24. The Morgan fingerprint density at radius 3 is 2.67 bits per heavy atom. The number of hydrogen-bond donors (Lipinski definition) is 5. The third-order valence-corrected chi connectivity index (χ3v) is 8.04. The number of nitrogens with one attached hydrogen (secondary N) is 4. The normalized spacial score (nSPS) is 17.2. The minimum absolute atomic E-state index is 0.0147. The molecule has 0 radical (unpaired) electrons. The molecule has 1 fully saturated rings. The lowest BCUT2D eigenvalue weighted by atomic mass is 9.95. The van der Waals surface area contributed by atoms with E-state index in [-0.39, 0.29) is 22.8 Å². The summed E-state index contributed by atoms with van der Waals surface area (Å²) in [5, 5.41) is 17.4. The van der Waals surface area contributed by atoms with Gasteiger partial charge in [-0.05, 0) is 86.1 Å². The average Bonchev–Trinajstić information content (AvgIpc) is 3.56. The molecule has 14 heteroatoms. The van der Waals surface area contributed by atoms with E-state index in [1.807, 2.05) is 37.3 Å². The highest BCUT2D eigenvalue weighted by Gasteiger charge is 2.33. The van der Waals surface area contributed by atoms with E-state index >= 15 is 0 Å². The zero-order chi connectivity index (χ0) is 32.3. The number of nitrogens with zero attached hydrogens (tertiary/aromatic N) is 3. The topological polar surface area (TPSA) is 128 Å². The number of benzene rings is 2. The van der Waals surface area contributed by atoms with Gasteiger partial charge in [-0.25, -0.2) is 4.98 Å². The van der Waals surface area contributed by atoms with Gasteiger partial charge in [0, 0.05) is 48.0 Å². The number of aromatic nitrogens is 2. The second kappa shape index (κ2) is 13.4. The molecule has 45 heavy (non-hydrogen) atoms. The van der Waals surface area contributed by atoms with E-state index in [4.69, 9.17) is 39.4 Å². The fraction of sp³-hybridized carbons (Fsp3) is 0.290. The zero-order valence-electron chi connectivity index (χ0n) is 24.5. The van der Waals surface area contributed by atoms with Crippen molar-refractivity contribution in [2.75, 3.05) is 42.1 Å². The van der Waals surface area contributed by atoms with Crippen molar-refractivity contribution >= 4 is 69.3 Å². The fourth-order valence-electron chi connectivity index (χ4n) is 5.25. The van der Waals surface area contributed by atoms with Crippen molar-refractivity contribution in [3.8, 4) is 0 Å². The Balaban J connectivity index is 1.22. The standard InChI is InChI=1S/C31H32ClF3N8OS/c1-3-43-15-19(4-7-23-12-20-11-18(28(36)37)5-9-26(20)44-23)21(16-43)14-38-27-10-17(2)39-29(41-27)42-30(45)40-22-6-8-24(25(32)13-22)31(33,34)35/h4-13,19,21H,3,14-16H2,1-2H3,(H3,36,37)(H3,38,39,40,41,42,45)/b7-4+. The third kappa shape index (κ3) is 8.10. The lowest BCUT2D eigenvalue weighted by molar-refractivity contribution is -0.137. The van der Waals surface area contributed by atoms with Crippen LogP contribution in [0.2, 0.25) is 5.02 Å². The molecular weight excluding hydrogens is 625 g/mol. The third-order valence-electron chi connectivity index (χ3n) is 7.53. The minimum atomic E-state index is -4.55. The van der Waals surface area contributed by atoms with E-state index in [1.54, 1.807) is 6.07 Å². The molecule has 0 bridgehead atoms. The molecule has 3 heterocycles. The van der Waals surface area contributed by atoms with Crippen LogP contribution < -0.4 is 21.7 Å². The molecule has 6 N–H and O–H groups in total. The summed E-state index contributed by atoms with van der Waals surface area (Å²) in [6.45, 7) is 7.41. The number of fused-ring (bicyclic) bond motifs is 1. The minimum Gasteiger partial charge on any atom is -0.457 e. The van der Waals surface area contributed by atoms with Crippen LogP contribution in [0.15, 0.2) is 59.0 Å². The quantitative estimate of drug-likeness (QED) is 0.0736. The van der Waals surface area contributed by atoms with E-state index in [9.17, 15) is 13.2 Å². The summed E-state index contributed by atoms with van der Waals surface area (Å²) in [5.41, 5.74) is 7.08. The molecule has 4 aromatic rings. The van der Waals surface area contributed by atoms with Crippen molar-refractivity contribution in [1.82, 2.24) is 14.9 Å². The van der Waals surface area contributed by atoms with Crippen LogP contribution in [-0.4, -0.2) is 52.0 Å². The first-order valence-electron chi connectivity index (χ1n) is 14.2. The summed E-state index contributed by atoms with van der Waals surface area (Å²) >= 11 is 11.2. The summed E-state index contributed by atoms with van der Waals surface area (Å²) < 4.78 is 45.0. The van der Waals surface area contributed by atoms with E-state index in [2.05, 4.69) is 43.8 Å². The van der Waals surface area contributed by atoms with Gasteiger partial charge in [-0.1, -0.05) is 24.6 Å². The molecule has 0 aliphatic carbocycles. The lowest BCUT2D eigenvalue weighted by Gasteiger charge is -2.17. The highest BCUT2D eigenvalue weighted by Crippen LogP contribution is 2.36. The molecule has 9 nitrogen and oxygen atoms in total. The molecule has 2 aromatic heterocycles. The number of amidine groups is 1. The van der Waals surface area contributed by atoms with E-state index < -0.39 is 16.8 Å². The van der Waals surface area contributed by atoms with Gasteiger partial charge in [-0.2, -0.15) is 18.2 Å². The number of likely N-dealkylation sites (tertiary alicyclic amines) is 1. The van der Waals surface area contributed by atoms with Crippen LogP contribution in [0.25, 0.3) is 17.0 Å². The molecule has 1 aliphatic heterocycles. The maximum absolute atomic E-state index is 13.0. The molecule has 1 saturated heterocycles. The molecule has 0 spiro atoms. The van der Waals surface area contributed by atoms with Crippen molar-refractivity contribution in [2.45, 2.75) is 20.0 Å². The molecule has 0 amide bonds. The first kappa shape index (κ1) is 32.2. The Morgan fingerprint density at radius 2 is 1.96 bits per heavy atom. The van der Waals surface area contributed by atoms with Crippen molar-refractivity contribution in [1.29, 1.82) is 5.41 Å². The van der Waals surface area contributed by atoms with Gasteiger partial charge in [0.2, 0.25) is 5.95 Å². The number of nitrogen functional groups attached to an aromatic ring is 1. The van der Waals surface area contributed by atoms with Crippen LogP contribution in [0, 0.1) is 24.2 Å². The van der Waals surface area contributed by atoms with Gasteiger partial charge in [0.1, 0.15) is 23.0 Å². The Hall–Kier alpha value is -4.20. The predicted octanol–water partition coefficient (Wildman–Crippen LogP) is 6.99. The van der Waals surface area contributed by atoms with Gasteiger partial charge < -0.3 is 31.0 Å². The summed E-state index contributed by atoms with van der Waals surface area (Å²) in [6, 6.07) is 12.5.